The number of thiophene rings is 2. The Bertz CT molecular complexity index is 548. The molecule has 0 fully saturated rings. The van der Waals surface area contributed by atoms with Gasteiger partial charge in [-0.1, -0.05) is 70.8 Å². The van der Waals surface area contributed by atoms with E-state index in [-0.39, 0.29) is 0 Å². The average Bonchev–Trinajstić information content (AvgIpc) is 3.26. The Hall–Kier alpha value is -0.860. The topological polar surface area (TPSA) is 0 Å². The van der Waals surface area contributed by atoms with Crippen molar-refractivity contribution in [2.75, 3.05) is 0 Å². The maximum absolute atomic E-state index is 2.31. The van der Waals surface area contributed by atoms with E-state index >= 15 is 0 Å². The number of unbranched alkanes of at least 4 members (excludes halogenated alkanes) is 9. The number of hydrogen-bond donors (Lipinski definition) is 0. The van der Waals surface area contributed by atoms with Crippen molar-refractivity contribution in [3.05, 3.63) is 44.3 Å². The fourth-order valence-corrected chi connectivity index (χ4v) is 4.53. The highest BCUT2D eigenvalue weighted by Gasteiger charge is 1.99. The molecule has 0 aliphatic rings. The van der Waals surface area contributed by atoms with Crippen LogP contribution in [0.4, 0.5) is 0 Å². The van der Waals surface area contributed by atoms with E-state index in [1.165, 1.54) is 80.4 Å². The van der Waals surface area contributed by atoms with Gasteiger partial charge >= 0.3 is 0 Å². The van der Waals surface area contributed by atoms with Gasteiger partial charge in [-0.3, -0.25) is 0 Å². The van der Waals surface area contributed by atoms with Crippen LogP contribution in [0.2, 0.25) is 0 Å². The minimum atomic E-state index is 1.26. The second-order valence-electron chi connectivity index (χ2n) is 6.58. The third-order valence-corrected chi connectivity index (χ3v) is 6.36. The van der Waals surface area contributed by atoms with Gasteiger partial charge in [0.1, 0.15) is 0 Å². The standard InChI is InChI=1S/C22H32S2/c1-2-3-4-5-6-7-8-9-10-11-13-21-17-18-22(24-21)16-15-20-14-12-19-23-20/h12,14-19H,2-11,13H2,1H3/b16-15+. The Balaban J connectivity index is 1.51. The summed E-state index contributed by atoms with van der Waals surface area (Å²) >= 11 is 3.75. The fourth-order valence-electron chi connectivity index (χ4n) is 2.96. The van der Waals surface area contributed by atoms with Gasteiger partial charge in [-0.25, -0.2) is 0 Å². The molecule has 0 bridgehead atoms. The molecule has 24 heavy (non-hydrogen) atoms. The molecule has 0 aliphatic heterocycles. The highest BCUT2D eigenvalue weighted by molar-refractivity contribution is 7.13. The quantitative estimate of drug-likeness (QED) is 0.314. The second kappa shape index (κ2) is 12.5. The summed E-state index contributed by atoms with van der Waals surface area (Å²) < 4.78 is 0. The summed E-state index contributed by atoms with van der Waals surface area (Å²) in [7, 11) is 0. The van der Waals surface area contributed by atoms with E-state index in [1.807, 2.05) is 11.3 Å². The molecule has 2 heterocycles. The predicted molar refractivity (Wildman–Crippen MR) is 113 cm³/mol. The normalized spacial score (nSPS) is 11.5. The number of hydrogen-bond acceptors (Lipinski definition) is 2. The predicted octanol–water partition coefficient (Wildman–Crippen LogP) is 8.44. The fraction of sp³-hybridized carbons (Fsp3) is 0.545. The van der Waals surface area contributed by atoms with Gasteiger partial charge in [0.2, 0.25) is 0 Å². The lowest BCUT2D eigenvalue weighted by atomic mass is 10.1. The second-order valence-corrected chi connectivity index (χ2v) is 8.76. The summed E-state index contributed by atoms with van der Waals surface area (Å²) in [6, 6.07) is 8.85. The van der Waals surface area contributed by atoms with Gasteiger partial charge in [-0.05, 0) is 48.6 Å². The van der Waals surface area contributed by atoms with Gasteiger partial charge < -0.3 is 0 Å². The molecule has 132 valence electrons. The van der Waals surface area contributed by atoms with Crippen LogP contribution in [0.25, 0.3) is 12.2 Å². The maximum Gasteiger partial charge on any atom is 0.0273 e. The summed E-state index contributed by atoms with van der Waals surface area (Å²) in [6.07, 6.45) is 19.9. The zero-order valence-electron chi connectivity index (χ0n) is 15.1. The summed E-state index contributed by atoms with van der Waals surface area (Å²) in [5.74, 6) is 0. The van der Waals surface area contributed by atoms with Crippen molar-refractivity contribution in [1.82, 2.24) is 0 Å². The molecule has 0 saturated carbocycles. The monoisotopic (exact) mass is 360 g/mol. The van der Waals surface area contributed by atoms with Crippen molar-refractivity contribution in [3.63, 3.8) is 0 Å². The van der Waals surface area contributed by atoms with Crippen LogP contribution in [0, 0.1) is 0 Å². The Kier molecular flexibility index (Phi) is 10.1. The highest BCUT2D eigenvalue weighted by Crippen LogP contribution is 2.22. The Morgan fingerprint density at radius 3 is 2.08 bits per heavy atom. The minimum Gasteiger partial charge on any atom is -0.144 e. The molecule has 0 radical (unpaired) electrons. The molecule has 2 rings (SSSR count). The Morgan fingerprint density at radius 2 is 1.42 bits per heavy atom. The first kappa shape index (κ1) is 19.5. The van der Waals surface area contributed by atoms with Crippen LogP contribution in [0.1, 0.15) is 85.8 Å². The Morgan fingerprint density at radius 1 is 0.750 bits per heavy atom. The van der Waals surface area contributed by atoms with Gasteiger partial charge in [0.05, 0.1) is 0 Å². The van der Waals surface area contributed by atoms with E-state index in [1.54, 1.807) is 16.2 Å². The van der Waals surface area contributed by atoms with E-state index in [2.05, 4.69) is 48.7 Å². The first-order chi connectivity index (χ1) is 11.9. The molecule has 0 aromatic carbocycles. The van der Waals surface area contributed by atoms with Crippen LogP contribution in [0.3, 0.4) is 0 Å². The molecule has 0 spiro atoms. The smallest absolute Gasteiger partial charge is 0.0273 e. The maximum atomic E-state index is 2.31. The van der Waals surface area contributed by atoms with Crippen LogP contribution < -0.4 is 0 Å². The third kappa shape index (κ3) is 8.30. The summed E-state index contributed by atoms with van der Waals surface area (Å²) in [5, 5.41) is 2.13. The summed E-state index contributed by atoms with van der Waals surface area (Å²) in [6.45, 7) is 2.29. The van der Waals surface area contributed by atoms with Crippen LogP contribution in [-0.4, -0.2) is 0 Å². The van der Waals surface area contributed by atoms with Gasteiger partial charge in [-0.2, -0.15) is 0 Å². The number of aryl methyl sites for hydroxylation is 1. The van der Waals surface area contributed by atoms with E-state index < -0.39 is 0 Å². The van der Waals surface area contributed by atoms with Crippen LogP contribution in [-0.2, 0) is 6.42 Å². The third-order valence-electron chi connectivity index (χ3n) is 4.41. The van der Waals surface area contributed by atoms with E-state index in [9.17, 15) is 0 Å². The lowest BCUT2D eigenvalue weighted by molar-refractivity contribution is 0.557. The largest absolute Gasteiger partial charge is 0.144 e. The van der Waals surface area contributed by atoms with Crippen molar-refractivity contribution in [2.24, 2.45) is 0 Å². The lowest BCUT2D eigenvalue weighted by Gasteiger charge is -2.01. The summed E-state index contributed by atoms with van der Waals surface area (Å²) in [4.78, 5) is 4.26. The summed E-state index contributed by atoms with van der Waals surface area (Å²) in [5.41, 5.74) is 0. The van der Waals surface area contributed by atoms with Gasteiger partial charge in [-0.15, -0.1) is 22.7 Å². The molecule has 0 saturated heterocycles. The molecule has 2 aromatic heterocycles. The molecule has 0 amide bonds. The van der Waals surface area contributed by atoms with Crippen molar-refractivity contribution in [2.45, 2.75) is 77.6 Å². The first-order valence-corrected chi connectivity index (χ1v) is 11.4. The van der Waals surface area contributed by atoms with Gasteiger partial charge in [0.15, 0.2) is 0 Å². The Labute approximate surface area is 156 Å². The van der Waals surface area contributed by atoms with Crippen LogP contribution in [0.5, 0.6) is 0 Å². The van der Waals surface area contributed by atoms with Crippen molar-refractivity contribution < 1.29 is 0 Å². The molecule has 0 unspecified atom stereocenters. The number of rotatable bonds is 13. The molecule has 0 aliphatic carbocycles. The molecule has 2 heteroatoms. The zero-order chi connectivity index (χ0) is 16.9. The molecule has 0 N–H and O–H groups in total. The van der Waals surface area contributed by atoms with Crippen molar-refractivity contribution >= 4 is 34.8 Å². The molecule has 2 aromatic rings. The minimum absolute atomic E-state index is 1.26. The molecule has 0 nitrogen and oxygen atoms in total. The van der Waals surface area contributed by atoms with E-state index in [4.69, 9.17) is 0 Å². The van der Waals surface area contributed by atoms with Gasteiger partial charge in [0, 0.05) is 14.6 Å². The zero-order valence-corrected chi connectivity index (χ0v) is 16.8. The van der Waals surface area contributed by atoms with E-state index in [0.29, 0.717) is 0 Å². The van der Waals surface area contributed by atoms with Crippen LogP contribution in [0.15, 0.2) is 29.6 Å². The molecular formula is C22H32S2. The van der Waals surface area contributed by atoms with Crippen molar-refractivity contribution in [3.8, 4) is 0 Å². The van der Waals surface area contributed by atoms with Crippen molar-refractivity contribution in [1.29, 1.82) is 0 Å². The highest BCUT2D eigenvalue weighted by atomic mass is 32.1. The molecular weight excluding hydrogens is 328 g/mol. The molecule has 0 atom stereocenters. The van der Waals surface area contributed by atoms with E-state index in [0.717, 1.165) is 0 Å². The lowest BCUT2D eigenvalue weighted by Crippen LogP contribution is -1.84. The van der Waals surface area contributed by atoms with Gasteiger partial charge in [0.25, 0.3) is 0 Å². The first-order valence-electron chi connectivity index (χ1n) is 9.69. The average molecular weight is 361 g/mol. The SMILES string of the molecule is CCCCCCCCCCCCc1ccc(/C=C/c2cccs2)s1. The van der Waals surface area contributed by atoms with Crippen LogP contribution >= 0.6 is 22.7 Å².